The number of allylic oxidation sites excluding steroid dienone is 2. The van der Waals surface area contributed by atoms with Crippen molar-refractivity contribution >= 4 is 5.97 Å². The summed E-state index contributed by atoms with van der Waals surface area (Å²) in [7, 11) is 0. The molecule has 1 N–H and O–H groups in total. The normalized spacial score (nSPS) is 57.7. The highest BCUT2D eigenvalue weighted by atomic mass is 16.4. The molecule has 6 bridgehead atoms. The van der Waals surface area contributed by atoms with Gasteiger partial charge in [0.2, 0.25) is 0 Å². The minimum absolute atomic E-state index is 0.118. The molecule has 6 rings (SSSR count). The van der Waals surface area contributed by atoms with Gasteiger partial charge < -0.3 is 5.11 Å². The zero-order valence-corrected chi connectivity index (χ0v) is 13.6. The van der Waals surface area contributed by atoms with E-state index in [9.17, 15) is 9.90 Å². The largest absolute Gasteiger partial charge is 0.481 e. The van der Waals surface area contributed by atoms with Gasteiger partial charge in [-0.2, -0.15) is 0 Å². The summed E-state index contributed by atoms with van der Waals surface area (Å²) in [5.41, 5.74) is -0.310. The third kappa shape index (κ3) is 1.37. The predicted molar refractivity (Wildman–Crippen MR) is 85.2 cm³/mol. The first-order valence-electron chi connectivity index (χ1n) is 9.51. The Labute approximate surface area is 133 Å². The van der Waals surface area contributed by atoms with Crippen LogP contribution in [-0.2, 0) is 4.79 Å². The Morgan fingerprint density at radius 2 is 1.82 bits per heavy atom. The van der Waals surface area contributed by atoms with E-state index in [1.807, 2.05) is 0 Å². The lowest BCUT2D eigenvalue weighted by Gasteiger charge is -2.67. The van der Waals surface area contributed by atoms with Gasteiger partial charge in [0.15, 0.2) is 0 Å². The highest BCUT2D eigenvalue weighted by Crippen LogP contribution is 2.74. The van der Waals surface area contributed by atoms with Gasteiger partial charge in [0.25, 0.3) is 0 Å². The summed E-state index contributed by atoms with van der Waals surface area (Å²) in [6, 6.07) is 0. The van der Waals surface area contributed by atoms with Crippen molar-refractivity contribution in [2.45, 2.75) is 58.3 Å². The van der Waals surface area contributed by atoms with Crippen molar-refractivity contribution in [2.24, 2.45) is 46.3 Å². The standard InChI is InChI=1S/C20H28O2/c1-2-17-15-6-13-5-14(7-15)10-19(17,9-13)20(18(21)22)11-12-3-4-16(20)8-12/h3-4,12-17H,2,5-11H2,1H3,(H,21,22). The lowest BCUT2D eigenvalue weighted by molar-refractivity contribution is -0.207. The zero-order chi connectivity index (χ0) is 15.1. The maximum atomic E-state index is 12.7. The van der Waals surface area contributed by atoms with Crippen LogP contribution in [0.4, 0.5) is 0 Å². The molecule has 0 aromatic rings. The van der Waals surface area contributed by atoms with Crippen molar-refractivity contribution in [3.8, 4) is 0 Å². The topological polar surface area (TPSA) is 37.3 Å². The summed E-state index contributed by atoms with van der Waals surface area (Å²) < 4.78 is 0. The highest BCUT2D eigenvalue weighted by Gasteiger charge is 2.71. The molecule has 0 saturated heterocycles. The molecule has 0 spiro atoms. The molecule has 6 aliphatic carbocycles. The first kappa shape index (κ1) is 13.6. The molecule has 0 aromatic carbocycles. The molecular formula is C20H28O2. The number of rotatable bonds is 3. The second kappa shape index (κ2) is 4.19. The van der Waals surface area contributed by atoms with E-state index in [2.05, 4.69) is 19.1 Å². The summed E-state index contributed by atoms with van der Waals surface area (Å²) in [6.45, 7) is 2.33. The van der Waals surface area contributed by atoms with Gasteiger partial charge in [0.05, 0.1) is 5.41 Å². The molecule has 120 valence electrons. The van der Waals surface area contributed by atoms with Crippen molar-refractivity contribution in [2.75, 3.05) is 0 Å². The first-order chi connectivity index (χ1) is 10.6. The number of carboxylic acid groups (broad SMARTS) is 1. The molecule has 6 atom stereocenters. The van der Waals surface area contributed by atoms with Gasteiger partial charge in [-0.15, -0.1) is 0 Å². The van der Waals surface area contributed by atoms with Crippen LogP contribution in [0.25, 0.3) is 0 Å². The van der Waals surface area contributed by atoms with Crippen LogP contribution >= 0.6 is 0 Å². The van der Waals surface area contributed by atoms with Crippen molar-refractivity contribution in [3.05, 3.63) is 12.2 Å². The number of carboxylic acids is 1. The SMILES string of the molecule is CCC1C2CC3CC(C2)CC1(C1(C(=O)O)CC2C=CC1C2)C3. The fourth-order valence-corrected chi connectivity index (χ4v) is 8.45. The van der Waals surface area contributed by atoms with E-state index >= 15 is 0 Å². The third-order valence-corrected chi connectivity index (χ3v) is 8.62. The van der Waals surface area contributed by atoms with Crippen LogP contribution in [0.5, 0.6) is 0 Å². The summed E-state index contributed by atoms with van der Waals surface area (Å²) in [6.07, 6.45) is 14.5. The van der Waals surface area contributed by atoms with E-state index in [0.717, 1.165) is 30.6 Å². The van der Waals surface area contributed by atoms with Gasteiger partial charge in [-0.1, -0.05) is 25.5 Å². The first-order valence-corrected chi connectivity index (χ1v) is 9.51. The second-order valence-corrected chi connectivity index (χ2v) is 9.25. The molecule has 0 aromatic heterocycles. The molecule has 6 unspecified atom stereocenters. The smallest absolute Gasteiger partial charge is 0.310 e. The molecule has 0 radical (unpaired) electrons. The zero-order valence-electron chi connectivity index (χ0n) is 13.6. The third-order valence-electron chi connectivity index (χ3n) is 8.62. The van der Waals surface area contributed by atoms with Crippen molar-refractivity contribution in [1.29, 1.82) is 0 Å². The van der Waals surface area contributed by atoms with E-state index in [0.29, 0.717) is 17.8 Å². The maximum absolute atomic E-state index is 12.7. The van der Waals surface area contributed by atoms with Crippen molar-refractivity contribution in [3.63, 3.8) is 0 Å². The summed E-state index contributed by atoms with van der Waals surface area (Å²) >= 11 is 0. The number of hydrogen-bond donors (Lipinski definition) is 1. The maximum Gasteiger partial charge on any atom is 0.310 e. The second-order valence-electron chi connectivity index (χ2n) is 9.25. The average Bonchev–Trinajstić information content (AvgIpc) is 3.07. The van der Waals surface area contributed by atoms with Gasteiger partial charge in [-0.3, -0.25) is 4.79 Å². The van der Waals surface area contributed by atoms with Gasteiger partial charge in [0.1, 0.15) is 0 Å². The molecule has 0 aliphatic heterocycles. The van der Waals surface area contributed by atoms with Crippen LogP contribution < -0.4 is 0 Å². The lowest BCUT2D eigenvalue weighted by Crippen LogP contribution is -2.63. The Kier molecular flexibility index (Phi) is 2.59. The molecule has 5 saturated carbocycles. The van der Waals surface area contributed by atoms with E-state index in [1.165, 1.54) is 38.5 Å². The van der Waals surface area contributed by atoms with E-state index < -0.39 is 11.4 Å². The molecule has 0 amide bonds. The number of aliphatic carboxylic acids is 1. The van der Waals surface area contributed by atoms with Crippen LogP contribution in [0, 0.1) is 46.3 Å². The highest BCUT2D eigenvalue weighted by molar-refractivity contribution is 5.78. The number of carbonyl (C=O) groups is 1. The Bertz CT molecular complexity index is 536. The Morgan fingerprint density at radius 1 is 1.09 bits per heavy atom. The minimum Gasteiger partial charge on any atom is -0.481 e. The van der Waals surface area contributed by atoms with Crippen LogP contribution in [0.1, 0.15) is 58.3 Å². The Hall–Kier alpha value is -0.790. The van der Waals surface area contributed by atoms with Gasteiger partial charge in [0, 0.05) is 0 Å². The van der Waals surface area contributed by atoms with Crippen molar-refractivity contribution in [1.82, 2.24) is 0 Å². The lowest BCUT2D eigenvalue weighted by atomic mass is 9.36. The monoisotopic (exact) mass is 300 g/mol. The van der Waals surface area contributed by atoms with Crippen LogP contribution in [0.3, 0.4) is 0 Å². The number of hydrogen-bond acceptors (Lipinski definition) is 1. The Balaban J connectivity index is 1.67. The predicted octanol–water partition coefficient (Wildman–Crippen LogP) is 4.51. The fourth-order valence-electron chi connectivity index (χ4n) is 8.45. The van der Waals surface area contributed by atoms with Gasteiger partial charge in [-0.05, 0) is 85.9 Å². The minimum atomic E-state index is -0.454. The molecule has 5 fully saturated rings. The van der Waals surface area contributed by atoms with E-state index in [1.54, 1.807) is 0 Å². The fraction of sp³-hybridized carbons (Fsp3) is 0.850. The number of fused-ring (bicyclic) bond motifs is 2. The van der Waals surface area contributed by atoms with Crippen LogP contribution in [0.15, 0.2) is 12.2 Å². The summed E-state index contributed by atoms with van der Waals surface area (Å²) in [5, 5.41) is 10.4. The van der Waals surface area contributed by atoms with E-state index in [-0.39, 0.29) is 5.41 Å². The molecular weight excluding hydrogens is 272 g/mol. The molecule has 22 heavy (non-hydrogen) atoms. The van der Waals surface area contributed by atoms with Crippen LogP contribution in [0.2, 0.25) is 0 Å². The molecule has 2 heteroatoms. The van der Waals surface area contributed by atoms with E-state index in [4.69, 9.17) is 0 Å². The molecule has 2 nitrogen and oxygen atoms in total. The molecule has 0 heterocycles. The molecule has 6 aliphatic rings. The van der Waals surface area contributed by atoms with Crippen LogP contribution in [-0.4, -0.2) is 11.1 Å². The van der Waals surface area contributed by atoms with Gasteiger partial charge in [-0.25, -0.2) is 0 Å². The average molecular weight is 300 g/mol. The summed E-state index contributed by atoms with van der Waals surface area (Å²) in [5.74, 6) is 3.58. The van der Waals surface area contributed by atoms with Crippen molar-refractivity contribution < 1.29 is 9.90 Å². The Morgan fingerprint density at radius 3 is 2.32 bits per heavy atom. The quantitative estimate of drug-likeness (QED) is 0.779. The van der Waals surface area contributed by atoms with Gasteiger partial charge >= 0.3 is 5.97 Å². The summed E-state index contributed by atoms with van der Waals surface area (Å²) in [4.78, 5) is 12.7.